The second-order valence-corrected chi connectivity index (χ2v) is 5.23. The molecule has 1 fully saturated rings. The van der Waals surface area contributed by atoms with Crippen molar-refractivity contribution in [3.63, 3.8) is 0 Å². The molecule has 1 aliphatic rings. The van der Waals surface area contributed by atoms with Crippen LogP contribution < -0.4 is 10.1 Å². The standard InChI is InChI=1S/C15H24N2O2/c1-11-7-15(12(9-16-2)10-17-11)19-14-6-4-5-13(8-14)18-3/h7,10,13-14,16H,4-6,8-9H2,1-3H3. The van der Waals surface area contributed by atoms with Crippen molar-refractivity contribution in [2.24, 2.45) is 0 Å². The molecule has 106 valence electrons. The Balaban J connectivity index is 2.06. The maximum atomic E-state index is 6.19. The lowest BCUT2D eigenvalue weighted by atomic mass is 9.95. The lowest BCUT2D eigenvalue weighted by Gasteiger charge is -2.29. The summed E-state index contributed by atoms with van der Waals surface area (Å²) < 4.78 is 11.6. The molecule has 1 saturated carbocycles. The molecule has 19 heavy (non-hydrogen) atoms. The zero-order chi connectivity index (χ0) is 13.7. The molecular formula is C15H24N2O2. The van der Waals surface area contributed by atoms with Gasteiger partial charge in [0.05, 0.1) is 6.10 Å². The SMILES string of the molecule is CNCc1cnc(C)cc1OC1CCCC(OC)C1. The van der Waals surface area contributed by atoms with E-state index in [1.165, 1.54) is 6.42 Å². The van der Waals surface area contributed by atoms with Crippen molar-refractivity contribution < 1.29 is 9.47 Å². The van der Waals surface area contributed by atoms with E-state index in [1.807, 2.05) is 26.2 Å². The van der Waals surface area contributed by atoms with Gasteiger partial charge in [-0.15, -0.1) is 0 Å². The molecular weight excluding hydrogens is 240 g/mol. The van der Waals surface area contributed by atoms with E-state index in [1.54, 1.807) is 7.11 Å². The van der Waals surface area contributed by atoms with Crippen LogP contribution in [-0.4, -0.2) is 31.3 Å². The highest BCUT2D eigenvalue weighted by Gasteiger charge is 2.23. The monoisotopic (exact) mass is 264 g/mol. The van der Waals surface area contributed by atoms with Crippen LogP contribution in [0.15, 0.2) is 12.3 Å². The fourth-order valence-electron chi connectivity index (χ4n) is 2.60. The van der Waals surface area contributed by atoms with Gasteiger partial charge in [0.25, 0.3) is 0 Å². The summed E-state index contributed by atoms with van der Waals surface area (Å²) >= 11 is 0. The number of aromatic nitrogens is 1. The van der Waals surface area contributed by atoms with Gasteiger partial charge in [-0.25, -0.2) is 0 Å². The van der Waals surface area contributed by atoms with Crippen molar-refractivity contribution in [1.82, 2.24) is 10.3 Å². The summed E-state index contributed by atoms with van der Waals surface area (Å²) in [6.07, 6.45) is 6.92. The van der Waals surface area contributed by atoms with Crippen LogP contribution in [0.1, 0.15) is 36.9 Å². The van der Waals surface area contributed by atoms with Crippen molar-refractivity contribution in [3.8, 4) is 5.75 Å². The first-order valence-electron chi connectivity index (χ1n) is 7.02. The van der Waals surface area contributed by atoms with Gasteiger partial charge in [0.2, 0.25) is 0 Å². The van der Waals surface area contributed by atoms with E-state index >= 15 is 0 Å². The van der Waals surface area contributed by atoms with Crippen LogP contribution >= 0.6 is 0 Å². The molecule has 0 bridgehead atoms. The van der Waals surface area contributed by atoms with Gasteiger partial charge in [0.15, 0.2) is 0 Å². The molecule has 0 radical (unpaired) electrons. The molecule has 1 aromatic rings. The Kier molecular flexibility index (Phi) is 5.16. The first kappa shape index (κ1) is 14.3. The zero-order valence-electron chi connectivity index (χ0n) is 12.1. The van der Waals surface area contributed by atoms with Crippen LogP contribution in [0.25, 0.3) is 0 Å². The maximum absolute atomic E-state index is 6.19. The molecule has 0 aliphatic heterocycles. The minimum Gasteiger partial charge on any atom is -0.490 e. The molecule has 4 nitrogen and oxygen atoms in total. The third-order valence-corrected chi connectivity index (χ3v) is 3.65. The summed E-state index contributed by atoms with van der Waals surface area (Å²) in [5.74, 6) is 0.962. The quantitative estimate of drug-likeness (QED) is 0.887. The van der Waals surface area contributed by atoms with Gasteiger partial charge in [0, 0.05) is 43.6 Å². The van der Waals surface area contributed by atoms with Gasteiger partial charge in [0.1, 0.15) is 11.9 Å². The van der Waals surface area contributed by atoms with Gasteiger partial charge in [-0.3, -0.25) is 4.98 Å². The van der Waals surface area contributed by atoms with Crippen LogP contribution in [0.5, 0.6) is 5.75 Å². The van der Waals surface area contributed by atoms with Crippen molar-refractivity contribution in [2.45, 2.75) is 51.4 Å². The van der Waals surface area contributed by atoms with Gasteiger partial charge in [-0.05, 0) is 33.2 Å². The molecule has 1 aliphatic carbocycles. The summed E-state index contributed by atoms with van der Waals surface area (Å²) in [6, 6.07) is 2.03. The minimum absolute atomic E-state index is 0.260. The second-order valence-electron chi connectivity index (χ2n) is 5.23. The number of nitrogens with zero attached hydrogens (tertiary/aromatic N) is 1. The number of hydrogen-bond donors (Lipinski definition) is 1. The molecule has 1 N–H and O–H groups in total. The number of rotatable bonds is 5. The van der Waals surface area contributed by atoms with E-state index in [-0.39, 0.29) is 6.10 Å². The lowest BCUT2D eigenvalue weighted by molar-refractivity contribution is 0.0206. The third kappa shape index (κ3) is 3.91. The fourth-order valence-corrected chi connectivity index (χ4v) is 2.60. The number of pyridine rings is 1. The fraction of sp³-hybridized carbons (Fsp3) is 0.667. The highest BCUT2D eigenvalue weighted by molar-refractivity contribution is 5.33. The molecule has 0 spiro atoms. The summed E-state index contributed by atoms with van der Waals surface area (Å²) in [5, 5.41) is 3.16. The Morgan fingerprint density at radius 2 is 2.16 bits per heavy atom. The summed E-state index contributed by atoms with van der Waals surface area (Å²) in [4.78, 5) is 4.34. The normalized spacial score (nSPS) is 23.3. The van der Waals surface area contributed by atoms with Crippen LogP contribution in [0.3, 0.4) is 0 Å². The predicted octanol–water partition coefficient (Wildman–Crippen LogP) is 2.45. The molecule has 4 heteroatoms. The van der Waals surface area contributed by atoms with Crippen molar-refractivity contribution >= 4 is 0 Å². The maximum Gasteiger partial charge on any atom is 0.127 e. The average Bonchev–Trinajstić information content (AvgIpc) is 2.42. The van der Waals surface area contributed by atoms with E-state index in [9.17, 15) is 0 Å². The number of methoxy groups -OCH3 is 1. The minimum atomic E-state index is 0.260. The molecule has 2 unspecified atom stereocenters. The molecule has 0 amide bonds. The molecule has 0 aromatic carbocycles. The molecule has 1 aromatic heterocycles. The Morgan fingerprint density at radius 1 is 1.37 bits per heavy atom. The third-order valence-electron chi connectivity index (χ3n) is 3.65. The smallest absolute Gasteiger partial charge is 0.127 e. The van der Waals surface area contributed by atoms with E-state index in [0.717, 1.165) is 42.8 Å². The van der Waals surface area contributed by atoms with Gasteiger partial charge >= 0.3 is 0 Å². The number of aryl methyl sites for hydroxylation is 1. The Morgan fingerprint density at radius 3 is 2.89 bits per heavy atom. The topological polar surface area (TPSA) is 43.4 Å². The second kappa shape index (κ2) is 6.87. The van der Waals surface area contributed by atoms with E-state index in [0.29, 0.717) is 6.10 Å². The first-order chi connectivity index (χ1) is 9.22. The van der Waals surface area contributed by atoms with E-state index < -0.39 is 0 Å². The molecule has 2 atom stereocenters. The highest BCUT2D eigenvalue weighted by atomic mass is 16.5. The Hall–Kier alpha value is -1.13. The number of hydrogen-bond acceptors (Lipinski definition) is 4. The molecule has 1 heterocycles. The summed E-state index contributed by atoms with van der Waals surface area (Å²) in [5.41, 5.74) is 2.11. The van der Waals surface area contributed by atoms with Gasteiger partial charge in [-0.1, -0.05) is 0 Å². The average molecular weight is 264 g/mol. The van der Waals surface area contributed by atoms with Crippen LogP contribution in [0.4, 0.5) is 0 Å². The Bertz CT molecular complexity index is 409. The highest BCUT2D eigenvalue weighted by Crippen LogP contribution is 2.27. The molecule has 0 saturated heterocycles. The van der Waals surface area contributed by atoms with Crippen molar-refractivity contribution in [2.75, 3.05) is 14.2 Å². The van der Waals surface area contributed by atoms with Gasteiger partial charge in [-0.2, -0.15) is 0 Å². The van der Waals surface area contributed by atoms with Crippen LogP contribution in [0, 0.1) is 6.92 Å². The summed E-state index contributed by atoms with van der Waals surface area (Å²) in [7, 11) is 3.72. The van der Waals surface area contributed by atoms with E-state index in [2.05, 4.69) is 10.3 Å². The van der Waals surface area contributed by atoms with Crippen LogP contribution in [0.2, 0.25) is 0 Å². The van der Waals surface area contributed by atoms with Crippen LogP contribution in [-0.2, 0) is 11.3 Å². The van der Waals surface area contributed by atoms with Crippen molar-refractivity contribution in [1.29, 1.82) is 0 Å². The predicted molar refractivity (Wildman–Crippen MR) is 75.4 cm³/mol. The number of nitrogens with one attached hydrogen (secondary N) is 1. The Labute approximate surface area is 115 Å². The first-order valence-corrected chi connectivity index (χ1v) is 7.02. The zero-order valence-corrected chi connectivity index (χ0v) is 12.1. The van der Waals surface area contributed by atoms with E-state index in [4.69, 9.17) is 9.47 Å². The van der Waals surface area contributed by atoms with Crippen molar-refractivity contribution in [3.05, 3.63) is 23.5 Å². The largest absolute Gasteiger partial charge is 0.490 e. The molecule has 2 rings (SSSR count). The number of ether oxygens (including phenoxy) is 2. The lowest BCUT2D eigenvalue weighted by Crippen LogP contribution is -2.30. The van der Waals surface area contributed by atoms with Gasteiger partial charge < -0.3 is 14.8 Å². The summed E-state index contributed by atoms with van der Waals surface area (Å²) in [6.45, 7) is 2.78.